The van der Waals surface area contributed by atoms with Gasteiger partial charge < -0.3 is 5.32 Å². The van der Waals surface area contributed by atoms with Gasteiger partial charge in [-0.1, -0.05) is 6.07 Å². The van der Waals surface area contributed by atoms with Crippen LogP contribution in [0.4, 0.5) is 8.78 Å². The Hall–Kier alpha value is -1.45. The number of carbonyl (C=O) groups is 1. The van der Waals surface area contributed by atoms with E-state index in [1.165, 1.54) is 31.4 Å². The van der Waals surface area contributed by atoms with Gasteiger partial charge in [0.05, 0.1) is 6.04 Å². The maximum absolute atomic E-state index is 13.7. The van der Waals surface area contributed by atoms with Crippen molar-refractivity contribution in [2.75, 3.05) is 0 Å². The highest BCUT2D eigenvalue weighted by atomic mass is 19.1. The highest BCUT2D eigenvalue weighted by Gasteiger charge is 2.45. The Balaban J connectivity index is 1.62. The maximum Gasteiger partial charge on any atom is 0.221 e. The van der Waals surface area contributed by atoms with Crippen LogP contribution in [0.5, 0.6) is 0 Å². The second kappa shape index (κ2) is 5.39. The van der Waals surface area contributed by atoms with Crippen molar-refractivity contribution in [2.24, 2.45) is 11.3 Å². The van der Waals surface area contributed by atoms with Gasteiger partial charge in [0.15, 0.2) is 0 Å². The minimum atomic E-state index is -0.609. The van der Waals surface area contributed by atoms with E-state index in [9.17, 15) is 13.6 Å². The van der Waals surface area contributed by atoms with Crippen LogP contribution in [0.3, 0.4) is 0 Å². The van der Waals surface area contributed by atoms with E-state index in [1.54, 1.807) is 6.92 Å². The largest absolute Gasteiger partial charge is 0.349 e. The van der Waals surface area contributed by atoms with Gasteiger partial charge in [-0.25, -0.2) is 8.78 Å². The predicted octanol–water partition coefficient (Wildman–Crippen LogP) is 4.11. The number of benzene rings is 1. The van der Waals surface area contributed by atoms with Crippen molar-refractivity contribution in [3.05, 3.63) is 35.4 Å². The van der Waals surface area contributed by atoms with Gasteiger partial charge in [0.2, 0.25) is 5.91 Å². The van der Waals surface area contributed by atoms with Crippen LogP contribution < -0.4 is 5.32 Å². The average Bonchev–Trinajstić information content (AvgIpc) is 2.97. The molecule has 2 aliphatic carbocycles. The Morgan fingerprint density at radius 1 is 1.38 bits per heavy atom. The van der Waals surface area contributed by atoms with E-state index in [4.69, 9.17) is 0 Å². The van der Waals surface area contributed by atoms with Gasteiger partial charge in [-0.05, 0) is 56.4 Å². The first-order valence-electron chi connectivity index (χ1n) is 7.72. The molecule has 1 aromatic carbocycles. The minimum Gasteiger partial charge on any atom is -0.349 e. The quantitative estimate of drug-likeness (QED) is 0.889. The smallest absolute Gasteiger partial charge is 0.221 e. The topological polar surface area (TPSA) is 29.1 Å². The second-order valence-corrected chi connectivity index (χ2v) is 6.78. The molecule has 1 aromatic rings. The number of hydrogen-bond donors (Lipinski definition) is 1. The van der Waals surface area contributed by atoms with E-state index in [0.717, 1.165) is 24.8 Å². The van der Waals surface area contributed by atoms with Crippen molar-refractivity contribution < 1.29 is 13.6 Å². The monoisotopic (exact) mass is 293 g/mol. The Labute approximate surface area is 123 Å². The van der Waals surface area contributed by atoms with E-state index in [2.05, 4.69) is 5.32 Å². The van der Waals surface area contributed by atoms with Crippen LogP contribution in [0, 0.1) is 23.0 Å². The van der Waals surface area contributed by atoms with Crippen LogP contribution in [0.2, 0.25) is 0 Å². The molecule has 0 saturated heterocycles. The van der Waals surface area contributed by atoms with E-state index >= 15 is 0 Å². The highest BCUT2D eigenvalue weighted by Crippen LogP contribution is 2.55. The maximum atomic E-state index is 13.7. The zero-order chi connectivity index (χ0) is 15.0. The summed E-state index contributed by atoms with van der Waals surface area (Å²) in [6, 6.07) is 3.04. The first-order chi connectivity index (χ1) is 9.97. The van der Waals surface area contributed by atoms with Gasteiger partial charge in [0.25, 0.3) is 0 Å². The van der Waals surface area contributed by atoms with Crippen LogP contribution in [0.25, 0.3) is 0 Å². The SMILES string of the molecule is CC(NC(=O)CC12CCC(CC1)C2)c1ccc(F)cc1F. The van der Waals surface area contributed by atoms with Gasteiger partial charge in [-0.3, -0.25) is 4.79 Å². The summed E-state index contributed by atoms with van der Waals surface area (Å²) >= 11 is 0. The lowest BCUT2D eigenvalue weighted by Gasteiger charge is -2.26. The molecule has 1 unspecified atom stereocenters. The molecular weight excluding hydrogens is 272 g/mol. The predicted molar refractivity (Wildman–Crippen MR) is 76.5 cm³/mol. The fraction of sp³-hybridized carbons (Fsp3) is 0.588. The average molecular weight is 293 g/mol. The van der Waals surface area contributed by atoms with Gasteiger partial charge in [0.1, 0.15) is 11.6 Å². The first kappa shape index (κ1) is 14.5. The Bertz CT molecular complexity index is 550. The summed E-state index contributed by atoms with van der Waals surface area (Å²) in [5.41, 5.74) is 0.522. The van der Waals surface area contributed by atoms with Gasteiger partial charge >= 0.3 is 0 Å². The van der Waals surface area contributed by atoms with Crippen LogP contribution >= 0.6 is 0 Å². The van der Waals surface area contributed by atoms with Crippen molar-refractivity contribution >= 4 is 5.91 Å². The van der Waals surface area contributed by atoms with Crippen molar-refractivity contribution in [1.29, 1.82) is 0 Å². The molecule has 2 fully saturated rings. The zero-order valence-electron chi connectivity index (χ0n) is 12.3. The van der Waals surface area contributed by atoms with Crippen LogP contribution in [-0.2, 0) is 4.79 Å². The third kappa shape index (κ3) is 2.94. The summed E-state index contributed by atoms with van der Waals surface area (Å²) in [5.74, 6) is -0.419. The molecule has 1 amide bonds. The summed E-state index contributed by atoms with van der Waals surface area (Å²) < 4.78 is 26.6. The molecule has 2 aliphatic rings. The number of hydrogen-bond acceptors (Lipinski definition) is 1. The molecule has 2 nitrogen and oxygen atoms in total. The van der Waals surface area contributed by atoms with Crippen molar-refractivity contribution in [1.82, 2.24) is 5.32 Å². The molecule has 1 atom stereocenters. The Kier molecular flexibility index (Phi) is 3.72. The number of rotatable bonds is 4. The van der Waals surface area contributed by atoms with Gasteiger partial charge in [-0.2, -0.15) is 0 Å². The number of amides is 1. The molecule has 4 heteroatoms. The standard InChI is InChI=1S/C17H21F2NO/c1-11(14-3-2-13(18)8-15(14)19)20-16(21)10-17-6-4-12(9-17)5-7-17/h2-3,8,11-12H,4-7,9-10H2,1H3,(H,20,21). The summed E-state index contributed by atoms with van der Waals surface area (Å²) in [5, 5.41) is 2.86. The third-order valence-electron chi connectivity index (χ3n) is 5.23. The molecule has 21 heavy (non-hydrogen) atoms. The normalized spacial score (nSPS) is 28.6. The van der Waals surface area contributed by atoms with Crippen molar-refractivity contribution in [3.63, 3.8) is 0 Å². The minimum absolute atomic E-state index is 0.0197. The lowest BCUT2D eigenvalue weighted by molar-refractivity contribution is -0.124. The van der Waals surface area contributed by atoms with Gasteiger partial charge in [-0.15, -0.1) is 0 Å². The summed E-state index contributed by atoms with van der Waals surface area (Å²) in [6.45, 7) is 1.73. The molecule has 0 radical (unpaired) electrons. The molecular formula is C17H21F2NO. The lowest BCUT2D eigenvalue weighted by Crippen LogP contribution is -2.32. The highest BCUT2D eigenvalue weighted by molar-refractivity contribution is 5.77. The summed E-state index contributed by atoms with van der Waals surface area (Å²) in [4.78, 5) is 12.2. The zero-order valence-corrected chi connectivity index (χ0v) is 12.3. The second-order valence-electron chi connectivity index (χ2n) is 6.78. The van der Waals surface area contributed by atoms with E-state index in [0.29, 0.717) is 12.0 Å². The lowest BCUT2D eigenvalue weighted by atomic mass is 9.81. The summed E-state index contributed by atoms with van der Waals surface area (Å²) in [6.07, 6.45) is 6.48. The Morgan fingerprint density at radius 2 is 2.10 bits per heavy atom. The Morgan fingerprint density at radius 3 is 2.67 bits per heavy atom. The van der Waals surface area contributed by atoms with Crippen LogP contribution in [0.15, 0.2) is 18.2 Å². The number of carbonyl (C=O) groups excluding carboxylic acids is 1. The van der Waals surface area contributed by atoms with Gasteiger partial charge in [0, 0.05) is 18.1 Å². The fourth-order valence-electron chi connectivity index (χ4n) is 4.12. The number of halogens is 2. The first-order valence-corrected chi connectivity index (χ1v) is 7.72. The van der Waals surface area contributed by atoms with Crippen LogP contribution in [-0.4, -0.2) is 5.91 Å². The van der Waals surface area contributed by atoms with E-state index < -0.39 is 17.7 Å². The molecule has 3 rings (SSSR count). The molecule has 2 bridgehead atoms. The number of nitrogens with one attached hydrogen (secondary N) is 1. The third-order valence-corrected chi connectivity index (χ3v) is 5.23. The van der Waals surface area contributed by atoms with Crippen molar-refractivity contribution in [3.8, 4) is 0 Å². The summed E-state index contributed by atoms with van der Waals surface area (Å²) in [7, 11) is 0. The fourth-order valence-corrected chi connectivity index (χ4v) is 4.12. The van der Waals surface area contributed by atoms with E-state index in [1.807, 2.05) is 0 Å². The molecule has 114 valence electrons. The molecule has 0 aromatic heterocycles. The molecule has 1 N–H and O–H groups in total. The molecule has 0 aliphatic heterocycles. The molecule has 0 heterocycles. The molecule has 2 saturated carbocycles. The van der Waals surface area contributed by atoms with Crippen molar-refractivity contribution in [2.45, 2.75) is 51.5 Å². The number of fused-ring (bicyclic) bond motifs is 2. The van der Waals surface area contributed by atoms with Crippen LogP contribution in [0.1, 0.15) is 57.1 Å². The van der Waals surface area contributed by atoms with E-state index in [-0.39, 0.29) is 11.3 Å². The molecule has 0 spiro atoms.